The molecule has 4 rings (SSSR count). The molecule has 1 fully saturated rings. The normalized spacial score (nSPS) is 13.9. The van der Waals surface area contributed by atoms with Gasteiger partial charge in [-0.05, 0) is 37.5 Å². The maximum absolute atomic E-state index is 12.9. The Bertz CT molecular complexity index is 1110. The summed E-state index contributed by atoms with van der Waals surface area (Å²) < 4.78 is 2.20. The van der Waals surface area contributed by atoms with E-state index in [1.165, 1.54) is 23.1 Å². The number of amides is 1. The van der Waals surface area contributed by atoms with E-state index < -0.39 is 0 Å². The molecule has 1 aromatic carbocycles. The Kier molecular flexibility index (Phi) is 6.60. The molecule has 1 saturated heterocycles. The number of rotatable bonds is 7. The predicted molar refractivity (Wildman–Crippen MR) is 123 cm³/mol. The average molecular weight is 464 g/mol. The van der Waals surface area contributed by atoms with Crippen molar-refractivity contribution in [1.82, 2.24) is 19.9 Å². The Morgan fingerprint density at radius 2 is 1.97 bits per heavy atom. The molecule has 158 valence electrons. The molecule has 0 atom stereocenters. The number of anilines is 1. The minimum Gasteiger partial charge on any atom is -0.351 e. The predicted octanol–water partition coefficient (Wildman–Crippen LogP) is 3.54. The van der Waals surface area contributed by atoms with Crippen molar-refractivity contribution in [2.45, 2.75) is 38.0 Å². The third-order valence-electron chi connectivity index (χ3n) is 4.90. The monoisotopic (exact) mass is 463 g/mol. The maximum atomic E-state index is 12.9. The fourth-order valence-corrected chi connectivity index (χ4v) is 5.31. The molecule has 3 heterocycles. The van der Waals surface area contributed by atoms with Crippen LogP contribution in [0.3, 0.4) is 0 Å². The fraction of sp³-hybridized carbons (Fsp3) is 0.400. The zero-order valence-corrected chi connectivity index (χ0v) is 18.9. The average Bonchev–Trinajstić information content (AvgIpc) is 3.42. The van der Waals surface area contributed by atoms with Crippen LogP contribution < -0.4 is 15.8 Å². The van der Waals surface area contributed by atoms with E-state index in [0.717, 1.165) is 36.6 Å². The lowest BCUT2D eigenvalue weighted by molar-refractivity contribution is -0.118. The number of aromatic nitrogens is 3. The van der Waals surface area contributed by atoms with Gasteiger partial charge in [-0.1, -0.05) is 46.8 Å². The molecule has 0 saturated carbocycles. The van der Waals surface area contributed by atoms with Gasteiger partial charge in [0.25, 0.3) is 5.56 Å². The van der Waals surface area contributed by atoms with Crippen molar-refractivity contribution in [3.8, 4) is 0 Å². The fourth-order valence-electron chi connectivity index (χ4n) is 3.29. The van der Waals surface area contributed by atoms with Crippen LogP contribution in [-0.4, -0.2) is 39.3 Å². The number of fused-ring (bicyclic) bond motifs is 1. The lowest BCUT2D eigenvalue weighted by Crippen LogP contribution is -2.26. The first-order chi connectivity index (χ1) is 14.5. The summed E-state index contributed by atoms with van der Waals surface area (Å²) in [6.07, 6.45) is 2.30. The number of nitrogens with one attached hydrogen (secondary N) is 1. The van der Waals surface area contributed by atoms with Crippen LogP contribution in [0, 0.1) is 0 Å². The van der Waals surface area contributed by atoms with Gasteiger partial charge in [-0.25, -0.2) is 4.98 Å². The second-order valence-electron chi connectivity index (χ2n) is 6.98. The molecule has 7 nitrogen and oxygen atoms in total. The Morgan fingerprint density at radius 1 is 1.23 bits per heavy atom. The SMILES string of the molecule is CCn1c(SCC(=O)NCc2ccc(Cl)cc2)nc2nc(N3CCCC3)sc2c1=O. The van der Waals surface area contributed by atoms with Crippen molar-refractivity contribution >= 4 is 56.1 Å². The van der Waals surface area contributed by atoms with Gasteiger partial charge in [-0.3, -0.25) is 14.2 Å². The molecule has 10 heteroatoms. The van der Waals surface area contributed by atoms with Gasteiger partial charge in [0.1, 0.15) is 4.70 Å². The summed E-state index contributed by atoms with van der Waals surface area (Å²) in [5, 5.41) is 4.92. The zero-order chi connectivity index (χ0) is 21.1. The molecule has 0 unspecified atom stereocenters. The molecular weight excluding hydrogens is 442 g/mol. The second-order valence-corrected chi connectivity index (χ2v) is 9.34. The Hall–Kier alpha value is -2.10. The number of thiazole rings is 1. The largest absolute Gasteiger partial charge is 0.351 e. The third kappa shape index (κ3) is 4.63. The van der Waals surface area contributed by atoms with E-state index in [2.05, 4.69) is 20.2 Å². The topological polar surface area (TPSA) is 80.1 Å². The van der Waals surface area contributed by atoms with Crippen LogP contribution in [0.5, 0.6) is 0 Å². The van der Waals surface area contributed by atoms with Crippen molar-refractivity contribution in [1.29, 1.82) is 0 Å². The van der Waals surface area contributed by atoms with E-state index in [1.807, 2.05) is 19.1 Å². The summed E-state index contributed by atoms with van der Waals surface area (Å²) in [5.41, 5.74) is 1.36. The van der Waals surface area contributed by atoms with E-state index in [0.29, 0.717) is 33.6 Å². The first kappa shape index (κ1) is 21.1. The van der Waals surface area contributed by atoms with E-state index in [9.17, 15) is 9.59 Å². The quantitative estimate of drug-likeness (QED) is 0.426. The van der Waals surface area contributed by atoms with Gasteiger partial charge in [0, 0.05) is 31.2 Å². The van der Waals surface area contributed by atoms with Crippen molar-refractivity contribution < 1.29 is 4.79 Å². The number of hydrogen-bond acceptors (Lipinski definition) is 7. The Labute approximate surface area is 187 Å². The van der Waals surface area contributed by atoms with Crippen molar-refractivity contribution in [3.05, 3.63) is 45.2 Å². The van der Waals surface area contributed by atoms with E-state index >= 15 is 0 Å². The Morgan fingerprint density at radius 3 is 2.67 bits per heavy atom. The van der Waals surface area contributed by atoms with Gasteiger partial charge in [0.15, 0.2) is 15.9 Å². The summed E-state index contributed by atoms with van der Waals surface area (Å²) in [4.78, 5) is 36.6. The molecule has 1 N–H and O–H groups in total. The number of carbonyl (C=O) groups excluding carboxylic acids is 1. The summed E-state index contributed by atoms with van der Waals surface area (Å²) in [7, 11) is 0. The number of hydrogen-bond donors (Lipinski definition) is 1. The van der Waals surface area contributed by atoms with Gasteiger partial charge in [0.2, 0.25) is 5.91 Å². The summed E-state index contributed by atoms with van der Waals surface area (Å²) >= 11 is 8.55. The van der Waals surface area contributed by atoms with Crippen LogP contribution in [0.2, 0.25) is 5.02 Å². The smallest absolute Gasteiger partial charge is 0.273 e. The molecular formula is C20H22ClN5O2S2. The van der Waals surface area contributed by atoms with Crippen LogP contribution >= 0.6 is 34.7 Å². The molecule has 30 heavy (non-hydrogen) atoms. The van der Waals surface area contributed by atoms with Gasteiger partial charge in [0.05, 0.1) is 5.75 Å². The van der Waals surface area contributed by atoms with Crippen molar-refractivity contribution in [2.75, 3.05) is 23.7 Å². The Balaban J connectivity index is 1.46. The lowest BCUT2D eigenvalue weighted by atomic mass is 10.2. The van der Waals surface area contributed by atoms with Gasteiger partial charge >= 0.3 is 0 Å². The van der Waals surface area contributed by atoms with Gasteiger partial charge in [-0.2, -0.15) is 4.98 Å². The van der Waals surface area contributed by atoms with Gasteiger partial charge < -0.3 is 10.2 Å². The molecule has 1 aliphatic heterocycles. The van der Waals surface area contributed by atoms with Crippen LogP contribution in [0.15, 0.2) is 34.2 Å². The summed E-state index contributed by atoms with van der Waals surface area (Å²) in [5.74, 6) is 0.0530. The zero-order valence-electron chi connectivity index (χ0n) is 16.6. The van der Waals surface area contributed by atoms with Crippen LogP contribution in [0.1, 0.15) is 25.3 Å². The first-order valence-electron chi connectivity index (χ1n) is 9.85. The maximum Gasteiger partial charge on any atom is 0.273 e. The minimum atomic E-state index is -0.122. The van der Waals surface area contributed by atoms with E-state index in [4.69, 9.17) is 11.6 Å². The number of nitrogens with zero attached hydrogens (tertiary/aromatic N) is 4. The highest BCUT2D eigenvalue weighted by Crippen LogP contribution is 2.29. The van der Waals surface area contributed by atoms with Crippen molar-refractivity contribution in [3.63, 3.8) is 0 Å². The van der Waals surface area contributed by atoms with Gasteiger partial charge in [-0.15, -0.1) is 0 Å². The first-order valence-corrected chi connectivity index (χ1v) is 12.0. The number of carbonyl (C=O) groups is 1. The summed E-state index contributed by atoms with van der Waals surface area (Å²) in [6, 6.07) is 7.34. The minimum absolute atomic E-state index is 0.0884. The second kappa shape index (κ2) is 9.36. The van der Waals surface area contributed by atoms with E-state index in [1.54, 1.807) is 16.7 Å². The lowest BCUT2D eigenvalue weighted by Gasteiger charge is -2.11. The van der Waals surface area contributed by atoms with Crippen LogP contribution in [0.25, 0.3) is 10.3 Å². The number of thioether (sulfide) groups is 1. The highest BCUT2D eigenvalue weighted by Gasteiger charge is 2.20. The standard InChI is InChI=1S/C20H22ClN5O2S2/c1-2-26-18(28)16-17(23-19(30-16)25-9-3-4-10-25)24-20(26)29-12-15(27)22-11-13-5-7-14(21)8-6-13/h5-8H,2-4,9-12H2,1H3,(H,22,27). The van der Waals surface area contributed by atoms with E-state index in [-0.39, 0.29) is 17.2 Å². The van der Waals surface area contributed by atoms with Crippen LogP contribution in [0.4, 0.5) is 5.13 Å². The number of halogens is 1. The molecule has 2 aromatic heterocycles. The summed E-state index contributed by atoms with van der Waals surface area (Å²) in [6.45, 7) is 4.76. The molecule has 1 aliphatic rings. The highest BCUT2D eigenvalue weighted by atomic mass is 35.5. The molecule has 0 bridgehead atoms. The number of benzene rings is 1. The molecule has 1 amide bonds. The molecule has 0 aliphatic carbocycles. The highest BCUT2D eigenvalue weighted by molar-refractivity contribution is 7.99. The molecule has 3 aromatic rings. The molecule has 0 spiro atoms. The van der Waals surface area contributed by atoms with Crippen molar-refractivity contribution in [2.24, 2.45) is 0 Å². The third-order valence-corrected chi connectivity index (χ3v) is 7.22. The van der Waals surface area contributed by atoms with Crippen LogP contribution in [-0.2, 0) is 17.9 Å². The molecule has 0 radical (unpaired) electrons.